The second-order valence-corrected chi connectivity index (χ2v) is 14.5. The summed E-state index contributed by atoms with van der Waals surface area (Å²) in [5, 5.41) is 8.13. The van der Waals surface area contributed by atoms with Gasteiger partial charge in [0, 0.05) is 30.6 Å². The first-order valence-corrected chi connectivity index (χ1v) is 16.4. The van der Waals surface area contributed by atoms with Gasteiger partial charge < -0.3 is 28.7 Å². The van der Waals surface area contributed by atoms with E-state index in [9.17, 15) is 14.0 Å². The first-order chi connectivity index (χ1) is 22.9. The average molecular weight is 661 g/mol. The summed E-state index contributed by atoms with van der Waals surface area (Å²) in [6, 6.07) is 9.52. The summed E-state index contributed by atoms with van der Waals surface area (Å²) >= 11 is 0. The zero-order chi connectivity index (χ0) is 33.8. The van der Waals surface area contributed by atoms with Crippen LogP contribution in [0.4, 0.5) is 15.0 Å². The van der Waals surface area contributed by atoms with E-state index < -0.39 is 11.4 Å². The topological polar surface area (TPSA) is 119 Å². The van der Waals surface area contributed by atoms with Gasteiger partial charge in [-0.1, -0.05) is 12.1 Å². The molecule has 3 fully saturated rings. The maximum Gasteiger partial charge on any atom is 0.410 e. The molecule has 4 aliphatic rings. The van der Waals surface area contributed by atoms with Crippen molar-refractivity contribution in [2.24, 2.45) is 5.41 Å². The fourth-order valence-corrected chi connectivity index (χ4v) is 7.25. The number of rotatable bonds is 6. The molecule has 2 saturated heterocycles. The molecule has 0 bridgehead atoms. The van der Waals surface area contributed by atoms with Crippen molar-refractivity contribution in [1.82, 2.24) is 25.0 Å². The number of hydrogen-bond acceptors (Lipinski definition) is 10. The van der Waals surface area contributed by atoms with Crippen molar-refractivity contribution in [1.29, 1.82) is 0 Å². The lowest BCUT2D eigenvalue weighted by Crippen LogP contribution is -2.65. The van der Waals surface area contributed by atoms with Crippen LogP contribution < -0.4 is 14.4 Å². The minimum absolute atomic E-state index is 0.0613. The number of carbonyl (C=O) groups is 2. The van der Waals surface area contributed by atoms with Crippen LogP contribution in [0.5, 0.6) is 17.4 Å². The molecule has 1 aromatic heterocycles. The third-order valence-corrected chi connectivity index (χ3v) is 9.41. The highest BCUT2D eigenvalue weighted by Crippen LogP contribution is 2.52. The smallest absolute Gasteiger partial charge is 0.410 e. The maximum atomic E-state index is 14.4. The number of hydrogen-bond donors (Lipinski definition) is 0. The lowest BCUT2D eigenvalue weighted by Gasteiger charge is -2.58. The Hall–Kier alpha value is -4.52. The largest absolute Gasteiger partial charge is 0.490 e. The minimum atomic E-state index is -0.555. The maximum absolute atomic E-state index is 14.4. The Labute approximate surface area is 279 Å². The van der Waals surface area contributed by atoms with Crippen LogP contribution in [-0.4, -0.2) is 87.1 Å². The van der Waals surface area contributed by atoms with E-state index in [4.69, 9.17) is 18.9 Å². The van der Waals surface area contributed by atoms with Crippen LogP contribution >= 0.6 is 0 Å². The van der Waals surface area contributed by atoms with Crippen LogP contribution in [0.1, 0.15) is 68.9 Å². The molecule has 3 aromatic rings. The molecule has 1 saturated carbocycles. The molecule has 1 spiro atoms. The molecule has 0 radical (unpaired) electrons. The fourth-order valence-electron chi connectivity index (χ4n) is 7.25. The lowest BCUT2D eigenvalue weighted by molar-refractivity contribution is -0.0349. The molecule has 2 atom stereocenters. The van der Waals surface area contributed by atoms with Gasteiger partial charge in [0.05, 0.1) is 37.4 Å². The number of amides is 2. The molecule has 1 aliphatic carbocycles. The van der Waals surface area contributed by atoms with Crippen molar-refractivity contribution < 1.29 is 32.9 Å². The summed E-state index contributed by atoms with van der Waals surface area (Å²) in [4.78, 5) is 36.3. The van der Waals surface area contributed by atoms with Gasteiger partial charge in [0.2, 0.25) is 0 Å². The first kappa shape index (κ1) is 32.0. The number of fused-ring (bicyclic) bond motifs is 1. The van der Waals surface area contributed by atoms with Gasteiger partial charge in [0.15, 0.2) is 5.82 Å². The van der Waals surface area contributed by atoms with Crippen LogP contribution in [0.3, 0.4) is 0 Å². The Morgan fingerprint density at radius 2 is 1.77 bits per heavy atom. The third kappa shape index (κ3) is 6.23. The molecule has 0 N–H and O–H groups in total. The van der Waals surface area contributed by atoms with Crippen molar-refractivity contribution in [2.75, 3.05) is 31.2 Å². The normalized spacial score (nSPS) is 21.8. The van der Waals surface area contributed by atoms with E-state index in [2.05, 4.69) is 20.1 Å². The molecule has 0 unspecified atom stereocenters. The van der Waals surface area contributed by atoms with Crippen molar-refractivity contribution in [3.05, 3.63) is 65.2 Å². The SMILES string of the molecule is C[C@@H]1COC[C@H](C)N1C(=O)c1cc(F)ccc1Oc1nncnc1N1CC2(CC(Oc3cccc4c3CN(C(=O)OC(C)(C)C)C4)C2)C1. The van der Waals surface area contributed by atoms with Gasteiger partial charge in [-0.2, -0.15) is 0 Å². The second kappa shape index (κ2) is 12.2. The Morgan fingerprint density at radius 1 is 1.02 bits per heavy atom. The molecular formula is C35H41FN6O6. The predicted molar refractivity (Wildman–Crippen MR) is 172 cm³/mol. The zero-order valence-electron chi connectivity index (χ0n) is 27.9. The van der Waals surface area contributed by atoms with Gasteiger partial charge in [-0.05, 0) is 77.3 Å². The number of carbonyl (C=O) groups excluding carboxylic acids is 2. The van der Waals surface area contributed by atoms with Crippen molar-refractivity contribution in [3.8, 4) is 17.4 Å². The van der Waals surface area contributed by atoms with E-state index in [1.165, 1.54) is 24.5 Å². The van der Waals surface area contributed by atoms with Gasteiger partial charge in [-0.3, -0.25) is 9.69 Å². The molecule has 7 rings (SSSR count). The third-order valence-electron chi connectivity index (χ3n) is 9.41. The van der Waals surface area contributed by atoms with Crippen LogP contribution in [0.15, 0.2) is 42.7 Å². The van der Waals surface area contributed by atoms with Gasteiger partial charge in [0.25, 0.3) is 11.8 Å². The van der Waals surface area contributed by atoms with Crippen molar-refractivity contribution >= 4 is 17.8 Å². The predicted octanol–water partition coefficient (Wildman–Crippen LogP) is 5.35. The Morgan fingerprint density at radius 3 is 2.50 bits per heavy atom. The number of halogens is 1. The summed E-state index contributed by atoms with van der Waals surface area (Å²) in [6.07, 6.45) is 2.86. The molecule has 2 amide bonds. The lowest BCUT2D eigenvalue weighted by atomic mass is 9.61. The van der Waals surface area contributed by atoms with E-state index in [1.54, 1.807) is 9.80 Å². The minimum Gasteiger partial charge on any atom is -0.490 e. The van der Waals surface area contributed by atoms with E-state index in [1.807, 2.05) is 52.8 Å². The molecule has 3 aliphatic heterocycles. The molecule has 48 heavy (non-hydrogen) atoms. The van der Waals surface area contributed by atoms with Gasteiger partial charge >= 0.3 is 6.09 Å². The highest BCUT2D eigenvalue weighted by molar-refractivity contribution is 5.97. The molecule has 12 nitrogen and oxygen atoms in total. The highest BCUT2D eigenvalue weighted by Gasteiger charge is 2.54. The summed E-state index contributed by atoms with van der Waals surface area (Å²) in [7, 11) is 0. The van der Waals surface area contributed by atoms with E-state index in [-0.39, 0.29) is 52.8 Å². The summed E-state index contributed by atoms with van der Waals surface area (Å²) in [5.41, 5.74) is 1.73. The van der Waals surface area contributed by atoms with E-state index in [0.717, 1.165) is 42.8 Å². The number of nitrogens with zero attached hydrogens (tertiary/aromatic N) is 6. The summed E-state index contributed by atoms with van der Waals surface area (Å²) in [6.45, 7) is 12.6. The standard InChI is InChI=1S/C35H41FN6O6/c1-21-16-45-17-22(2)42(21)32(43)26-11-24(36)9-10-29(26)47-31-30(37-20-38-39-31)41-18-35(19-41)12-25(13-35)46-28-8-6-7-23-14-40(15-27(23)28)33(44)48-34(3,4)5/h6-11,20-22,25H,12-19H2,1-5H3/t21-,22+. The second-order valence-electron chi connectivity index (χ2n) is 14.5. The molecule has 4 heterocycles. The van der Waals surface area contributed by atoms with Crippen LogP contribution in [0.2, 0.25) is 0 Å². The first-order valence-electron chi connectivity index (χ1n) is 16.4. The monoisotopic (exact) mass is 660 g/mol. The van der Waals surface area contributed by atoms with Crippen molar-refractivity contribution in [2.45, 2.75) is 84.3 Å². The van der Waals surface area contributed by atoms with Gasteiger partial charge in [0.1, 0.15) is 35.3 Å². The number of benzene rings is 2. The fraction of sp³-hybridized carbons (Fsp3) is 0.514. The summed E-state index contributed by atoms with van der Waals surface area (Å²) < 4.78 is 38.2. The van der Waals surface area contributed by atoms with Crippen LogP contribution in [0, 0.1) is 11.2 Å². The molecule has 254 valence electrons. The number of aromatic nitrogens is 3. The highest BCUT2D eigenvalue weighted by atomic mass is 19.1. The molecule has 2 aromatic carbocycles. The van der Waals surface area contributed by atoms with Crippen LogP contribution in [-0.2, 0) is 22.6 Å². The zero-order valence-corrected chi connectivity index (χ0v) is 27.9. The number of morpholine rings is 1. The Kier molecular flexibility index (Phi) is 8.13. The summed E-state index contributed by atoms with van der Waals surface area (Å²) in [5.74, 6) is 0.788. The molecular weight excluding hydrogens is 619 g/mol. The Bertz CT molecular complexity index is 1710. The van der Waals surface area contributed by atoms with E-state index >= 15 is 0 Å². The quantitative estimate of drug-likeness (QED) is 0.342. The van der Waals surface area contributed by atoms with Crippen LogP contribution in [0.25, 0.3) is 0 Å². The van der Waals surface area contributed by atoms with Crippen molar-refractivity contribution in [3.63, 3.8) is 0 Å². The Balaban J connectivity index is 0.990. The van der Waals surface area contributed by atoms with E-state index in [0.29, 0.717) is 32.1 Å². The van der Waals surface area contributed by atoms with Gasteiger partial charge in [-0.25, -0.2) is 14.2 Å². The number of ether oxygens (including phenoxy) is 4. The number of anilines is 1. The average Bonchev–Trinajstić information content (AvgIpc) is 3.44. The van der Waals surface area contributed by atoms with Gasteiger partial charge in [-0.15, -0.1) is 10.2 Å². The molecule has 13 heteroatoms.